The Balaban J connectivity index is 2.63. The van der Waals surface area contributed by atoms with Crippen LogP contribution in [0.3, 0.4) is 0 Å². The van der Waals surface area contributed by atoms with Crippen molar-refractivity contribution in [3.63, 3.8) is 0 Å². The predicted octanol–water partition coefficient (Wildman–Crippen LogP) is 1.19. The van der Waals surface area contributed by atoms with Crippen molar-refractivity contribution in [3.05, 3.63) is 23.9 Å². The Morgan fingerprint density at radius 1 is 1.50 bits per heavy atom. The predicted molar refractivity (Wildman–Crippen MR) is 66.3 cm³/mol. The van der Waals surface area contributed by atoms with E-state index in [1.807, 2.05) is 6.07 Å². The van der Waals surface area contributed by atoms with Gasteiger partial charge in [0.05, 0.1) is 12.5 Å². The third-order valence-electron chi connectivity index (χ3n) is 2.52. The third kappa shape index (κ3) is 4.00. The second-order valence-corrected chi connectivity index (χ2v) is 4.64. The van der Waals surface area contributed by atoms with Crippen molar-refractivity contribution >= 4 is 5.97 Å². The summed E-state index contributed by atoms with van der Waals surface area (Å²) < 4.78 is 10.2. The summed E-state index contributed by atoms with van der Waals surface area (Å²) in [6.07, 6.45) is 2.17. The minimum absolute atomic E-state index is 0.0805. The van der Waals surface area contributed by atoms with Crippen molar-refractivity contribution in [3.8, 4) is 5.88 Å². The van der Waals surface area contributed by atoms with Crippen LogP contribution in [0.5, 0.6) is 5.88 Å². The van der Waals surface area contributed by atoms with Gasteiger partial charge in [0.15, 0.2) is 0 Å². The molecular weight excluding hydrogens is 234 g/mol. The van der Waals surface area contributed by atoms with Crippen LogP contribution in [0.25, 0.3) is 0 Å². The normalized spacial score (nSPS) is 11.1. The van der Waals surface area contributed by atoms with Crippen molar-refractivity contribution < 1.29 is 19.4 Å². The van der Waals surface area contributed by atoms with Crippen LogP contribution in [0, 0.1) is 5.41 Å². The maximum Gasteiger partial charge on any atom is 0.314 e. The fourth-order valence-electron chi connectivity index (χ4n) is 1.40. The van der Waals surface area contributed by atoms with E-state index >= 15 is 0 Å². The Hall–Kier alpha value is -1.62. The van der Waals surface area contributed by atoms with E-state index < -0.39 is 5.41 Å². The minimum atomic E-state index is -0.719. The van der Waals surface area contributed by atoms with E-state index in [0.717, 1.165) is 5.56 Å². The fourth-order valence-corrected chi connectivity index (χ4v) is 1.40. The van der Waals surface area contributed by atoms with E-state index in [0.29, 0.717) is 12.3 Å². The molecule has 0 spiro atoms. The quantitative estimate of drug-likeness (QED) is 0.771. The van der Waals surface area contributed by atoms with Crippen LogP contribution in [0.2, 0.25) is 0 Å². The monoisotopic (exact) mass is 253 g/mol. The van der Waals surface area contributed by atoms with Crippen LogP contribution in [-0.2, 0) is 16.0 Å². The molecule has 0 saturated heterocycles. The number of methoxy groups -OCH3 is 1. The zero-order valence-electron chi connectivity index (χ0n) is 11.0. The summed E-state index contributed by atoms with van der Waals surface area (Å²) in [4.78, 5) is 15.5. The molecule has 0 fully saturated rings. The van der Waals surface area contributed by atoms with Crippen LogP contribution in [0.4, 0.5) is 0 Å². The number of aromatic nitrogens is 1. The molecule has 100 valence electrons. The van der Waals surface area contributed by atoms with Crippen LogP contribution >= 0.6 is 0 Å². The maximum atomic E-state index is 11.5. The smallest absolute Gasteiger partial charge is 0.314 e. The number of aliphatic hydroxyl groups excluding tert-OH is 1. The zero-order valence-corrected chi connectivity index (χ0v) is 11.0. The highest BCUT2D eigenvalue weighted by molar-refractivity contribution is 5.75. The van der Waals surface area contributed by atoms with Crippen molar-refractivity contribution in [2.75, 3.05) is 20.3 Å². The van der Waals surface area contributed by atoms with E-state index in [2.05, 4.69) is 4.98 Å². The molecule has 1 aromatic rings. The van der Waals surface area contributed by atoms with Gasteiger partial charge >= 0.3 is 5.97 Å². The molecule has 1 heterocycles. The Morgan fingerprint density at radius 3 is 2.83 bits per heavy atom. The highest BCUT2D eigenvalue weighted by Gasteiger charge is 2.29. The van der Waals surface area contributed by atoms with Gasteiger partial charge < -0.3 is 14.6 Å². The molecule has 5 nitrogen and oxygen atoms in total. The molecule has 0 unspecified atom stereocenters. The third-order valence-corrected chi connectivity index (χ3v) is 2.52. The summed E-state index contributed by atoms with van der Waals surface area (Å²) >= 11 is 0. The summed E-state index contributed by atoms with van der Waals surface area (Å²) in [5.74, 6) is 0.118. The average Bonchev–Trinajstić information content (AvgIpc) is 2.36. The van der Waals surface area contributed by atoms with Gasteiger partial charge in [0.2, 0.25) is 5.88 Å². The molecule has 5 heteroatoms. The molecular formula is C13H19NO4. The average molecular weight is 253 g/mol. The Labute approximate surface area is 107 Å². The number of carbonyl (C=O) groups excluding carboxylic acids is 1. The summed E-state index contributed by atoms with van der Waals surface area (Å²) in [6, 6.07) is 3.57. The van der Waals surface area contributed by atoms with Crippen molar-refractivity contribution in [1.82, 2.24) is 4.98 Å². The summed E-state index contributed by atoms with van der Waals surface area (Å²) in [7, 11) is 1.35. The Morgan fingerprint density at radius 2 is 2.22 bits per heavy atom. The lowest BCUT2D eigenvalue weighted by Gasteiger charge is -2.21. The van der Waals surface area contributed by atoms with E-state index in [1.165, 1.54) is 7.11 Å². The van der Waals surface area contributed by atoms with E-state index in [9.17, 15) is 4.79 Å². The summed E-state index contributed by atoms with van der Waals surface area (Å²) in [5, 5.41) is 8.85. The number of ether oxygens (including phenoxy) is 2. The molecule has 0 radical (unpaired) electrons. The molecule has 0 aliphatic carbocycles. The highest BCUT2D eigenvalue weighted by atomic mass is 16.5. The summed E-state index contributed by atoms with van der Waals surface area (Å²) in [6.45, 7) is 3.76. The van der Waals surface area contributed by atoms with Gasteiger partial charge in [0.1, 0.15) is 6.61 Å². The highest BCUT2D eigenvalue weighted by Crippen LogP contribution is 2.19. The van der Waals surface area contributed by atoms with Crippen LogP contribution < -0.4 is 4.74 Å². The molecule has 1 rings (SSSR count). The first-order valence-corrected chi connectivity index (χ1v) is 5.76. The maximum absolute atomic E-state index is 11.5. The van der Waals surface area contributed by atoms with Crippen LogP contribution in [0.1, 0.15) is 19.4 Å². The molecule has 0 atom stereocenters. The SMILES string of the molecule is COC(=O)C(C)(C)COc1cc(CCO)ccn1. The standard InChI is InChI=1S/C13H19NO4/c1-13(2,12(16)17-3)9-18-11-8-10(5-7-15)4-6-14-11/h4,6,8,15H,5,7,9H2,1-3H3. The van der Waals surface area contributed by atoms with Gasteiger partial charge in [-0.05, 0) is 31.9 Å². The van der Waals surface area contributed by atoms with Crippen molar-refractivity contribution in [2.24, 2.45) is 5.41 Å². The first-order valence-electron chi connectivity index (χ1n) is 5.76. The van der Waals surface area contributed by atoms with Crippen LogP contribution in [-0.4, -0.2) is 36.4 Å². The lowest BCUT2D eigenvalue weighted by Crippen LogP contribution is -2.32. The molecule has 0 aliphatic rings. The first-order chi connectivity index (χ1) is 8.49. The largest absolute Gasteiger partial charge is 0.476 e. The number of hydrogen-bond donors (Lipinski definition) is 1. The molecule has 1 aromatic heterocycles. The second kappa shape index (κ2) is 6.35. The second-order valence-electron chi connectivity index (χ2n) is 4.64. The van der Waals surface area contributed by atoms with Gasteiger partial charge in [-0.2, -0.15) is 0 Å². The number of aliphatic hydroxyl groups is 1. The number of nitrogens with zero attached hydrogens (tertiary/aromatic N) is 1. The molecule has 18 heavy (non-hydrogen) atoms. The van der Waals surface area contributed by atoms with Crippen molar-refractivity contribution in [2.45, 2.75) is 20.3 Å². The first kappa shape index (κ1) is 14.4. The van der Waals surface area contributed by atoms with Gasteiger partial charge in [-0.15, -0.1) is 0 Å². The molecule has 0 aliphatic heterocycles. The van der Waals surface area contributed by atoms with Gasteiger partial charge in [-0.1, -0.05) is 0 Å². The van der Waals surface area contributed by atoms with Gasteiger partial charge in [-0.3, -0.25) is 4.79 Å². The molecule has 0 aromatic carbocycles. The van der Waals surface area contributed by atoms with Gasteiger partial charge in [0.25, 0.3) is 0 Å². The zero-order chi connectivity index (χ0) is 13.6. The van der Waals surface area contributed by atoms with E-state index in [4.69, 9.17) is 14.6 Å². The van der Waals surface area contributed by atoms with E-state index in [1.54, 1.807) is 26.1 Å². The fraction of sp³-hybridized carbons (Fsp3) is 0.538. The topological polar surface area (TPSA) is 68.7 Å². The van der Waals surface area contributed by atoms with Crippen molar-refractivity contribution in [1.29, 1.82) is 0 Å². The van der Waals surface area contributed by atoms with E-state index in [-0.39, 0.29) is 19.2 Å². The van der Waals surface area contributed by atoms with Gasteiger partial charge in [-0.25, -0.2) is 4.98 Å². The lowest BCUT2D eigenvalue weighted by molar-refractivity contribution is -0.152. The number of hydrogen-bond acceptors (Lipinski definition) is 5. The Kier molecular flexibility index (Phi) is 5.09. The number of carbonyl (C=O) groups is 1. The molecule has 0 saturated carbocycles. The molecule has 0 bridgehead atoms. The van der Waals surface area contributed by atoms with Gasteiger partial charge in [0, 0.05) is 18.9 Å². The summed E-state index contributed by atoms with van der Waals surface area (Å²) in [5.41, 5.74) is 0.224. The Bertz CT molecular complexity index is 404. The number of rotatable bonds is 6. The molecule has 0 amide bonds. The lowest BCUT2D eigenvalue weighted by atomic mass is 9.95. The van der Waals surface area contributed by atoms with Crippen LogP contribution in [0.15, 0.2) is 18.3 Å². The number of esters is 1. The number of pyridine rings is 1. The minimum Gasteiger partial charge on any atom is -0.476 e. The molecule has 1 N–H and O–H groups in total.